The van der Waals surface area contributed by atoms with Gasteiger partial charge in [0.05, 0.1) is 6.20 Å². The smallest absolute Gasteiger partial charge is 0.255 e. The van der Waals surface area contributed by atoms with Crippen molar-refractivity contribution >= 4 is 23.4 Å². The fraction of sp³-hybridized carbons (Fsp3) is 0.500. The fourth-order valence-corrected chi connectivity index (χ4v) is 3.36. The van der Waals surface area contributed by atoms with E-state index in [9.17, 15) is 4.79 Å². The molecule has 1 aromatic heterocycles. The molecule has 1 aliphatic rings. The summed E-state index contributed by atoms with van der Waals surface area (Å²) in [6, 6.07) is 7.76. The molecule has 6 heteroatoms. The maximum atomic E-state index is 12.7. The van der Waals surface area contributed by atoms with Gasteiger partial charge in [-0.25, -0.2) is 4.98 Å². The number of hydrogen-bond donors (Lipinski definition) is 1. The highest BCUT2D eigenvalue weighted by Gasteiger charge is 2.19. The average molecular weight is 382 g/mol. The van der Waals surface area contributed by atoms with Gasteiger partial charge in [-0.1, -0.05) is 32.9 Å². The monoisotopic (exact) mass is 381 g/mol. The molecule has 28 heavy (non-hydrogen) atoms. The zero-order valence-electron chi connectivity index (χ0n) is 17.6. The standard InChI is InChI=1S/C22H31N5O/c1-22(2,3)17-11-9-16(10-12-17)20(28)24-18-15-23-21(25-19(18)26(4)5)27-13-7-6-8-14-27/h9-12,15H,6-8,13-14H2,1-5H3,(H,24,28). The van der Waals surface area contributed by atoms with Gasteiger partial charge in [0.25, 0.3) is 5.91 Å². The maximum absolute atomic E-state index is 12.7. The van der Waals surface area contributed by atoms with Gasteiger partial charge < -0.3 is 15.1 Å². The molecule has 6 nitrogen and oxygen atoms in total. The van der Waals surface area contributed by atoms with E-state index in [4.69, 9.17) is 4.98 Å². The van der Waals surface area contributed by atoms with Gasteiger partial charge in [-0.15, -0.1) is 0 Å². The number of rotatable bonds is 4. The Bertz CT molecular complexity index is 818. The summed E-state index contributed by atoms with van der Waals surface area (Å²) in [5.41, 5.74) is 2.51. The molecule has 1 fully saturated rings. The first kappa shape index (κ1) is 20.1. The summed E-state index contributed by atoms with van der Waals surface area (Å²) in [5, 5.41) is 2.97. The van der Waals surface area contributed by atoms with Crippen LogP contribution >= 0.6 is 0 Å². The number of carbonyl (C=O) groups is 1. The van der Waals surface area contributed by atoms with Crippen molar-refractivity contribution in [2.45, 2.75) is 45.4 Å². The molecule has 1 aliphatic heterocycles. The van der Waals surface area contributed by atoms with E-state index in [0.717, 1.165) is 24.9 Å². The first-order chi connectivity index (χ1) is 13.3. The minimum atomic E-state index is -0.155. The second-order valence-corrected chi connectivity index (χ2v) is 8.63. The van der Waals surface area contributed by atoms with Crippen molar-refractivity contribution < 1.29 is 4.79 Å². The van der Waals surface area contributed by atoms with E-state index < -0.39 is 0 Å². The Hall–Kier alpha value is -2.63. The second-order valence-electron chi connectivity index (χ2n) is 8.63. The number of hydrogen-bond acceptors (Lipinski definition) is 5. The molecule has 1 aromatic carbocycles. The number of piperidine rings is 1. The van der Waals surface area contributed by atoms with Gasteiger partial charge >= 0.3 is 0 Å². The van der Waals surface area contributed by atoms with E-state index in [1.54, 1.807) is 6.20 Å². The first-order valence-electron chi connectivity index (χ1n) is 9.97. The van der Waals surface area contributed by atoms with E-state index >= 15 is 0 Å². The Morgan fingerprint density at radius 3 is 2.29 bits per heavy atom. The molecule has 1 saturated heterocycles. The molecular weight excluding hydrogens is 350 g/mol. The van der Waals surface area contributed by atoms with E-state index in [0.29, 0.717) is 11.3 Å². The van der Waals surface area contributed by atoms with Crippen molar-refractivity contribution in [3.05, 3.63) is 41.6 Å². The maximum Gasteiger partial charge on any atom is 0.255 e. The van der Waals surface area contributed by atoms with Crippen LogP contribution in [0.2, 0.25) is 0 Å². The Morgan fingerprint density at radius 1 is 1.07 bits per heavy atom. The van der Waals surface area contributed by atoms with Gasteiger partial charge in [-0.2, -0.15) is 4.98 Å². The molecule has 0 atom stereocenters. The van der Waals surface area contributed by atoms with Crippen LogP contribution in [0.5, 0.6) is 0 Å². The van der Waals surface area contributed by atoms with Gasteiger partial charge in [-0.3, -0.25) is 4.79 Å². The largest absolute Gasteiger partial charge is 0.361 e. The number of nitrogens with one attached hydrogen (secondary N) is 1. The lowest BCUT2D eigenvalue weighted by atomic mass is 9.87. The molecule has 0 spiro atoms. The Kier molecular flexibility index (Phi) is 5.87. The van der Waals surface area contributed by atoms with E-state index in [1.165, 1.54) is 24.8 Å². The van der Waals surface area contributed by atoms with Crippen LogP contribution in [-0.2, 0) is 5.41 Å². The van der Waals surface area contributed by atoms with Crippen LogP contribution < -0.4 is 15.1 Å². The van der Waals surface area contributed by atoms with Crippen molar-refractivity contribution in [1.82, 2.24) is 9.97 Å². The van der Waals surface area contributed by atoms with Crippen molar-refractivity contribution in [3.63, 3.8) is 0 Å². The fourth-order valence-electron chi connectivity index (χ4n) is 3.36. The van der Waals surface area contributed by atoms with E-state index in [2.05, 4.69) is 36.0 Å². The normalized spacial score (nSPS) is 14.7. The highest BCUT2D eigenvalue weighted by molar-refractivity contribution is 6.05. The Labute approximate surface area is 168 Å². The molecule has 3 rings (SSSR count). The van der Waals surface area contributed by atoms with Crippen molar-refractivity contribution in [2.75, 3.05) is 42.3 Å². The Balaban J connectivity index is 1.79. The quantitative estimate of drug-likeness (QED) is 0.865. The molecule has 1 amide bonds. The predicted octanol–water partition coefficient (Wildman–Crippen LogP) is 4.08. The van der Waals surface area contributed by atoms with Crippen molar-refractivity contribution in [3.8, 4) is 0 Å². The molecule has 0 radical (unpaired) electrons. The molecule has 0 bridgehead atoms. The number of benzene rings is 1. The van der Waals surface area contributed by atoms with E-state index in [1.807, 2.05) is 43.3 Å². The van der Waals surface area contributed by atoms with Gasteiger partial charge in [0, 0.05) is 32.7 Å². The van der Waals surface area contributed by atoms with E-state index in [-0.39, 0.29) is 11.3 Å². The van der Waals surface area contributed by atoms with Gasteiger partial charge in [0.1, 0.15) is 5.69 Å². The van der Waals surface area contributed by atoms with Crippen molar-refractivity contribution in [1.29, 1.82) is 0 Å². The van der Waals surface area contributed by atoms with Gasteiger partial charge in [0.15, 0.2) is 5.82 Å². The summed E-state index contributed by atoms with van der Waals surface area (Å²) in [6.45, 7) is 8.45. The summed E-state index contributed by atoms with van der Waals surface area (Å²) < 4.78 is 0. The molecule has 2 heterocycles. The topological polar surface area (TPSA) is 61.4 Å². The number of carbonyl (C=O) groups excluding carboxylic acids is 1. The highest BCUT2D eigenvalue weighted by Crippen LogP contribution is 2.26. The van der Waals surface area contributed by atoms with Crippen LogP contribution in [0.25, 0.3) is 0 Å². The third kappa shape index (κ3) is 4.61. The van der Waals surface area contributed by atoms with Crippen LogP contribution in [0.4, 0.5) is 17.5 Å². The first-order valence-corrected chi connectivity index (χ1v) is 9.97. The zero-order chi connectivity index (χ0) is 20.3. The van der Waals surface area contributed by atoms with Crippen LogP contribution in [0.3, 0.4) is 0 Å². The predicted molar refractivity (Wildman–Crippen MR) is 116 cm³/mol. The SMILES string of the molecule is CN(C)c1nc(N2CCCCC2)ncc1NC(=O)c1ccc(C(C)(C)C)cc1. The molecule has 0 unspecified atom stereocenters. The summed E-state index contributed by atoms with van der Waals surface area (Å²) >= 11 is 0. The molecule has 150 valence electrons. The summed E-state index contributed by atoms with van der Waals surface area (Å²) in [6.07, 6.45) is 5.32. The molecule has 2 aromatic rings. The third-order valence-electron chi connectivity index (χ3n) is 5.08. The lowest BCUT2D eigenvalue weighted by Gasteiger charge is -2.28. The minimum Gasteiger partial charge on any atom is -0.361 e. The molecule has 0 aliphatic carbocycles. The lowest BCUT2D eigenvalue weighted by Crippen LogP contribution is -2.31. The molecule has 0 saturated carbocycles. The van der Waals surface area contributed by atoms with Crippen LogP contribution in [0.1, 0.15) is 56.0 Å². The van der Waals surface area contributed by atoms with Crippen molar-refractivity contribution in [2.24, 2.45) is 0 Å². The number of amides is 1. The second kappa shape index (κ2) is 8.17. The number of nitrogens with zero attached hydrogens (tertiary/aromatic N) is 4. The van der Waals surface area contributed by atoms with Gasteiger partial charge in [-0.05, 0) is 42.4 Å². The summed E-state index contributed by atoms with van der Waals surface area (Å²) in [5.74, 6) is 1.30. The van der Waals surface area contributed by atoms with Crippen LogP contribution in [0.15, 0.2) is 30.5 Å². The van der Waals surface area contributed by atoms with Crippen LogP contribution in [-0.4, -0.2) is 43.1 Å². The highest BCUT2D eigenvalue weighted by atomic mass is 16.1. The summed E-state index contributed by atoms with van der Waals surface area (Å²) in [4.78, 5) is 26.1. The van der Waals surface area contributed by atoms with Crippen LogP contribution in [0, 0.1) is 0 Å². The van der Waals surface area contributed by atoms with Gasteiger partial charge in [0.2, 0.25) is 5.95 Å². The Morgan fingerprint density at radius 2 is 1.71 bits per heavy atom. The molecular formula is C22H31N5O. The summed E-state index contributed by atoms with van der Waals surface area (Å²) in [7, 11) is 3.85. The lowest BCUT2D eigenvalue weighted by molar-refractivity contribution is 0.102. The number of aromatic nitrogens is 2. The molecule has 1 N–H and O–H groups in total. The zero-order valence-corrected chi connectivity index (χ0v) is 17.6. The minimum absolute atomic E-state index is 0.0607. The number of anilines is 3. The average Bonchev–Trinajstić information content (AvgIpc) is 2.68. The third-order valence-corrected chi connectivity index (χ3v) is 5.08.